The summed E-state index contributed by atoms with van der Waals surface area (Å²) < 4.78 is 0.971. The molecule has 4 rings (SSSR count). The van der Waals surface area contributed by atoms with E-state index in [1.54, 1.807) is 12.1 Å². The molecule has 0 atom stereocenters. The van der Waals surface area contributed by atoms with Crippen molar-refractivity contribution in [3.63, 3.8) is 0 Å². The normalized spacial score (nSPS) is 14.7. The van der Waals surface area contributed by atoms with Crippen molar-refractivity contribution in [3.8, 4) is 0 Å². The fraction of sp³-hybridized carbons (Fsp3) is 0.0556. The zero-order valence-corrected chi connectivity index (χ0v) is 14.7. The Bertz CT molecular complexity index is 1100. The van der Waals surface area contributed by atoms with Gasteiger partial charge in [-0.05, 0) is 12.1 Å². The molecule has 0 bridgehead atoms. The molecule has 0 saturated heterocycles. The summed E-state index contributed by atoms with van der Waals surface area (Å²) in [6, 6.07) is 13.6. The number of non-ortho nitro benzene ring substituents is 1. The minimum atomic E-state index is -0.478. The van der Waals surface area contributed by atoms with Gasteiger partial charge in [-0.3, -0.25) is 15.5 Å². The van der Waals surface area contributed by atoms with Gasteiger partial charge in [-0.25, -0.2) is 9.99 Å². The summed E-state index contributed by atoms with van der Waals surface area (Å²) in [4.78, 5) is 14.9. The van der Waals surface area contributed by atoms with Crippen molar-refractivity contribution < 1.29 is 10.0 Å². The number of nitrogens with one attached hydrogen (secondary N) is 1. The van der Waals surface area contributed by atoms with E-state index in [0.717, 1.165) is 10.2 Å². The standard InChI is InChI=1S/C18H13N5O3S/c19-17-16(18-21-13-6-1-2-7-15(13)27-18)14(24)10-22(17)20-9-11-4-3-5-12(8-11)23(25)26/h1-9,19,24H,10H2/b19-17?,20-9+. The van der Waals surface area contributed by atoms with Gasteiger partial charge in [-0.15, -0.1) is 11.3 Å². The molecule has 0 spiro atoms. The molecule has 2 aromatic carbocycles. The SMILES string of the molecule is N=C1C(c2nc3ccccc3s2)=C(O)CN1/N=C/c1cccc([N+](=O)[O-])c1. The third kappa shape index (κ3) is 3.15. The topological polar surface area (TPSA) is 116 Å². The number of para-hydroxylation sites is 1. The second-order valence-corrected chi connectivity index (χ2v) is 6.84. The largest absolute Gasteiger partial charge is 0.509 e. The molecule has 0 unspecified atom stereocenters. The van der Waals surface area contributed by atoms with Gasteiger partial charge in [0.1, 0.15) is 17.3 Å². The Balaban J connectivity index is 1.58. The highest BCUT2D eigenvalue weighted by Crippen LogP contribution is 2.33. The Morgan fingerprint density at radius 2 is 2.11 bits per heavy atom. The van der Waals surface area contributed by atoms with Crippen LogP contribution >= 0.6 is 11.3 Å². The van der Waals surface area contributed by atoms with E-state index in [0.29, 0.717) is 16.1 Å². The number of nitrogens with zero attached hydrogens (tertiary/aromatic N) is 4. The Morgan fingerprint density at radius 1 is 1.30 bits per heavy atom. The first-order valence-electron chi connectivity index (χ1n) is 7.96. The molecule has 0 fully saturated rings. The van der Waals surface area contributed by atoms with Gasteiger partial charge in [0.05, 0.1) is 26.9 Å². The van der Waals surface area contributed by atoms with Gasteiger partial charge in [-0.1, -0.05) is 24.3 Å². The zero-order valence-electron chi connectivity index (χ0n) is 13.9. The average molecular weight is 379 g/mol. The summed E-state index contributed by atoms with van der Waals surface area (Å²) in [5.41, 5.74) is 1.66. The highest BCUT2D eigenvalue weighted by atomic mass is 32.1. The molecule has 1 aliphatic heterocycles. The predicted molar refractivity (Wildman–Crippen MR) is 104 cm³/mol. The first-order chi connectivity index (χ1) is 13.0. The third-order valence-corrected chi connectivity index (χ3v) is 5.07. The van der Waals surface area contributed by atoms with Crippen LogP contribution in [-0.2, 0) is 0 Å². The van der Waals surface area contributed by atoms with Crippen LogP contribution in [0.25, 0.3) is 15.8 Å². The molecular formula is C18H13N5O3S. The molecule has 27 heavy (non-hydrogen) atoms. The molecule has 0 radical (unpaired) electrons. The highest BCUT2D eigenvalue weighted by molar-refractivity contribution is 7.19. The Kier molecular flexibility index (Phi) is 4.13. The molecule has 9 heteroatoms. The van der Waals surface area contributed by atoms with Crippen LogP contribution in [0.3, 0.4) is 0 Å². The maximum atomic E-state index is 10.9. The molecule has 1 aromatic heterocycles. The number of thiazole rings is 1. The summed E-state index contributed by atoms with van der Waals surface area (Å²) in [6.07, 6.45) is 1.43. The quantitative estimate of drug-likeness (QED) is 0.406. The Labute approximate surface area is 157 Å². The maximum absolute atomic E-state index is 10.9. The molecule has 2 N–H and O–H groups in total. The lowest BCUT2D eigenvalue weighted by molar-refractivity contribution is -0.384. The van der Waals surface area contributed by atoms with Gasteiger partial charge in [0.25, 0.3) is 5.69 Å². The molecular weight excluding hydrogens is 366 g/mol. The van der Waals surface area contributed by atoms with Crippen LogP contribution in [0.1, 0.15) is 10.6 Å². The zero-order chi connectivity index (χ0) is 19.0. The van der Waals surface area contributed by atoms with Crippen molar-refractivity contribution in [2.45, 2.75) is 0 Å². The average Bonchev–Trinajstić information content (AvgIpc) is 3.20. The number of aliphatic hydroxyl groups is 1. The number of hydrogen-bond donors (Lipinski definition) is 2. The lowest BCUT2D eigenvalue weighted by Gasteiger charge is -2.10. The molecule has 3 aromatic rings. The van der Waals surface area contributed by atoms with Crippen molar-refractivity contribution in [2.24, 2.45) is 5.10 Å². The van der Waals surface area contributed by atoms with E-state index in [1.807, 2.05) is 24.3 Å². The van der Waals surface area contributed by atoms with E-state index in [2.05, 4.69) is 10.1 Å². The van der Waals surface area contributed by atoms with E-state index in [-0.39, 0.29) is 23.8 Å². The number of aliphatic hydroxyl groups excluding tert-OH is 1. The lowest BCUT2D eigenvalue weighted by Crippen LogP contribution is -2.20. The van der Waals surface area contributed by atoms with E-state index < -0.39 is 4.92 Å². The maximum Gasteiger partial charge on any atom is 0.270 e. The summed E-state index contributed by atoms with van der Waals surface area (Å²) in [6.45, 7) is 0.0511. The number of fused-ring (bicyclic) bond motifs is 1. The number of rotatable bonds is 4. The molecule has 0 saturated carbocycles. The smallest absolute Gasteiger partial charge is 0.270 e. The van der Waals surface area contributed by atoms with Crippen LogP contribution < -0.4 is 0 Å². The van der Waals surface area contributed by atoms with Gasteiger partial charge in [0.15, 0.2) is 5.84 Å². The Hall–Kier alpha value is -3.59. The van der Waals surface area contributed by atoms with E-state index in [4.69, 9.17) is 5.41 Å². The minimum absolute atomic E-state index is 0.0234. The van der Waals surface area contributed by atoms with Crippen molar-refractivity contribution >= 4 is 44.9 Å². The van der Waals surface area contributed by atoms with Crippen LogP contribution in [0.15, 0.2) is 59.4 Å². The number of hydrazone groups is 1. The van der Waals surface area contributed by atoms with Crippen molar-refractivity contribution in [2.75, 3.05) is 6.54 Å². The van der Waals surface area contributed by atoms with Crippen molar-refractivity contribution in [3.05, 3.63) is 75.0 Å². The Morgan fingerprint density at radius 3 is 2.89 bits per heavy atom. The first-order valence-corrected chi connectivity index (χ1v) is 8.77. The molecule has 0 aliphatic carbocycles. The van der Waals surface area contributed by atoms with Gasteiger partial charge >= 0.3 is 0 Å². The predicted octanol–water partition coefficient (Wildman–Crippen LogP) is 3.80. The number of amidine groups is 1. The fourth-order valence-electron chi connectivity index (χ4n) is 2.72. The minimum Gasteiger partial charge on any atom is -0.509 e. The molecule has 8 nitrogen and oxygen atoms in total. The van der Waals surface area contributed by atoms with E-state index in [1.165, 1.54) is 34.7 Å². The summed E-state index contributed by atoms with van der Waals surface area (Å²) in [5, 5.41) is 35.6. The summed E-state index contributed by atoms with van der Waals surface area (Å²) in [5.74, 6) is 0.0588. The van der Waals surface area contributed by atoms with Gasteiger partial charge in [0.2, 0.25) is 0 Å². The van der Waals surface area contributed by atoms with E-state index >= 15 is 0 Å². The van der Waals surface area contributed by atoms with Crippen LogP contribution in [0.5, 0.6) is 0 Å². The van der Waals surface area contributed by atoms with Crippen molar-refractivity contribution in [1.29, 1.82) is 5.41 Å². The molecule has 2 heterocycles. The van der Waals surface area contributed by atoms with Crippen molar-refractivity contribution in [1.82, 2.24) is 9.99 Å². The second-order valence-electron chi connectivity index (χ2n) is 5.81. The fourth-order valence-corrected chi connectivity index (χ4v) is 3.76. The van der Waals surface area contributed by atoms with Gasteiger partial charge < -0.3 is 5.11 Å². The van der Waals surface area contributed by atoms with Gasteiger partial charge in [0, 0.05) is 17.7 Å². The number of nitro benzene ring substituents is 1. The number of nitro groups is 1. The summed E-state index contributed by atoms with van der Waals surface area (Å²) >= 11 is 1.40. The van der Waals surface area contributed by atoms with Crippen LogP contribution in [0.4, 0.5) is 5.69 Å². The monoisotopic (exact) mass is 379 g/mol. The molecule has 1 aliphatic rings. The number of hydrogen-bond acceptors (Lipinski definition) is 7. The van der Waals surface area contributed by atoms with Crippen LogP contribution in [-0.4, -0.2) is 38.6 Å². The third-order valence-electron chi connectivity index (χ3n) is 4.02. The highest BCUT2D eigenvalue weighted by Gasteiger charge is 2.30. The summed E-state index contributed by atoms with van der Waals surface area (Å²) in [7, 11) is 0. The van der Waals surface area contributed by atoms with Crippen LogP contribution in [0, 0.1) is 15.5 Å². The van der Waals surface area contributed by atoms with E-state index in [9.17, 15) is 15.2 Å². The second kappa shape index (κ2) is 6.61. The molecule has 134 valence electrons. The van der Waals surface area contributed by atoms with Gasteiger partial charge in [-0.2, -0.15) is 5.10 Å². The number of benzene rings is 2. The molecule has 0 amide bonds. The first kappa shape index (κ1) is 16.9. The number of aromatic nitrogens is 1. The van der Waals surface area contributed by atoms with Crippen LogP contribution in [0.2, 0.25) is 0 Å². The lowest BCUT2D eigenvalue weighted by atomic mass is 10.2.